The molecule has 0 aromatic heterocycles. The van der Waals surface area contributed by atoms with Crippen molar-refractivity contribution in [3.05, 3.63) is 29.3 Å². The van der Waals surface area contributed by atoms with Gasteiger partial charge in [0, 0.05) is 6.54 Å². The third-order valence-corrected chi connectivity index (χ3v) is 3.09. The van der Waals surface area contributed by atoms with E-state index in [-0.39, 0.29) is 18.9 Å². The largest absolute Gasteiger partial charge is 0.460 e. The average Bonchev–Trinajstić information content (AvgIpc) is 2.58. The van der Waals surface area contributed by atoms with E-state index in [1.165, 1.54) is 4.90 Å². The number of hydrogen-bond donors (Lipinski definition) is 0. The molecule has 0 bridgehead atoms. The summed E-state index contributed by atoms with van der Waals surface area (Å²) in [5.74, 6) is -1.49. The van der Waals surface area contributed by atoms with Crippen LogP contribution >= 0.6 is 0 Å². The fourth-order valence-electron chi connectivity index (χ4n) is 2.23. The van der Waals surface area contributed by atoms with Gasteiger partial charge in [-0.2, -0.15) is 0 Å². The normalized spacial score (nSPS) is 14.4. The summed E-state index contributed by atoms with van der Waals surface area (Å²) in [6, 6.07) is 5.27. The van der Waals surface area contributed by atoms with E-state index in [0.29, 0.717) is 11.3 Å². The molecule has 0 spiro atoms. The van der Waals surface area contributed by atoms with Crippen LogP contribution in [0.15, 0.2) is 18.2 Å². The predicted octanol–water partition coefficient (Wildman–Crippen LogP) is 2.26. The highest BCUT2D eigenvalue weighted by atomic mass is 16.6. The molecule has 0 atom stereocenters. The third kappa shape index (κ3) is 3.29. The summed E-state index contributed by atoms with van der Waals surface area (Å²) in [5.41, 5.74) is 1.34. The molecule has 1 aliphatic heterocycles. The molecule has 1 aromatic rings. The van der Waals surface area contributed by atoms with Crippen molar-refractivity contribution in [2.24, 2.45) is 0 Å². The van der Waals surface area contributed by atoms with E-state index >= 15 is 0 Å². The van der Waals surface area contributed by atoms with Gasteiger partial charge in [0.2, 0.25) is 0 Å². The third-order valence-electron chi connectivity index (χ3n) is 3.09. The van der Waals surface area contributed by atoms with Crippen molar-refractivity contribution >= 4 is 23.3 Å². The predicted molar refractivity (Wildman–Crippen MR) is 78.3 cm³/mol. The maximum atomic E-state index is 12.0. The van der Waals surface area contributed by atoms with Crippen molar-refractivity contribution in [2.75, 3.05) is 11.4 Å². The zero-order chi connectivity index (χ0) is 15.8. The van der Waals surface area contributed by atoms with Crippen molar-refractivity contribution < 1.29 is 19.1 Å². The highest BCUT2D eigenvalue weighted by molar-refractivity contribution is 6.52. The monoisotopic (exact) mass is 289 g/mol. The molecule has 0 aliphatic carbocycles. The van der Waals surface area contributed by atoms with Gasteiger partial charge in [-0.25, -0.2) is 0 Å². The number of ketones is 1. The number of ether oxygens (including phenoxy) is 1. The Hall–Kier alpha value is -2.17. The van der Waals surface area contributed by atoms with Gasteiger partial charge in [0.1, 0.15) is 5.60 Å². The van der Waals surface area contributed by atoms with Crippen molar-refractivity contribution in [2.45, 2.75) is 39.7 Å². The minimum absolute atomic E-state index is 0.0591. The second-order valence-electron chi connectivity index (χ2n) is 6.14. The van der Waals surface area contributed by atoms with E-state index in [1.807, 2.05) is 13.0 Å². The van der Waals surface area contributed by atoms with Crippen LogP contribution in [0.4, 0.5) is 5.69 Å². The first-order valence-electron chi connectivity index (χ1n) is 6.88. The standard InChI is InChI=1S/C16H19NO4/c1-10-5-6-12-11(9-10)14(19)15(20)17(12)8-7-13(18)21-16(2,3)4/h5-6,9H,7-8H2,1-4H3. The SMILES string of the molecule is Cc1ccc2c(c1)C(=O)C(=O)N2CCC(=O)OC(C)(C)C. The molecule has 0 radical (unpaired) electrons. The molecule has 0 saturated heterocycles. The molecular formula is C16H19NO4. The topological polar surface area (TPSA) is 63.7 Å². The molecule has 1 amide bonds. The Bertz CT molecular complexity index is 613. The smallest absolute Gasteiger partial charge is 0.308 e. The maximum absolute atomic E-state index is 12.0. The molecule has 1 heterocycles. The zero-order valence-corrected chi connectivity index (χ0v) is 12.7. The lowest BCUT2D eigenvalue weighted by atomic mass is 10.1. The molecule has 1 aromatic carbocycles. The van der Waals surface area contributed by atoms with Crippen LogP contribution in [0.2, 0.25) is 0 Å². The molecule has 0 saturated carbocycles. The van der Waals surface area contributed by atoms with E-state index in [2.05, 4.69) is 0 Å². The van der Waals surface area contributed by atoms with Gasteiger partial charge in [-0.15, -0.1) is 0 Å². The van der Waals surface area contributed by atoms with E-state index in [9.17, 15) is 14.4 Å². The number of benzene rings is 1. The fourth-order valence-corrected chi connectivity index (χ4v) is 2.23. The van der Waals surface area contributed by atoms with Gasteiger partial charge in [0.25, 0.3) is 11.7 Å². The van der Waals surface area contributed by atoms with Crippen molar-refractivity contribution in [1.29, 1.82) is 0 Å². The lowest BCUT2D eigenvalue weighted by Crippen LogP contribution is -2.33. The first kappa shape index (κ1) is 15.2. The Balaban J connectivity index is 2.10. The van der Waals surface area contributed by atoms with E-state index in [0.717, 1.165) is 5.56 Å². The molecule has 0 N–H and O–H groups in total. The quantitative estimate of drug-likeness (QED) is 0.632. The number of hydrogen-bond acceptors (Lipinski definition) is 4. The summed E-state index contributed by atoms with van der Waals surface area (Å²) in [6.45, 7) is 7.37. The number of amides is 1. The van der Waals surface area contributed by atoms with Crippen molar-refractivity contribution in [1.82, 2.24) is 0 Å². The Morgan fingerprint density at radius 3 is 2.52 bits per heavy atom. The lowest BCUT2D eigenvalue weighted by molar-refractivity contribution is -0.154. The van der Waals surface area contributed by atoms with Crippen LogP contribution in [-0.2, 0) is 14.3 Å². The van der Waals surface area contributed by atoms with Gasteiger partial charge in [0.15, 0.2) is 0 Å². The van der Waals surface area contributed by atoms with Gasteiger partial charge in [-0.1, -0.05) is 11.6 Å². The zero-order valence-electron chi connectivity index (χ0n) is 12.7. The van der Waals surface area contributed by atoms with E-state index < -0.39 is 17.3 Å². The van der Waals surface area contributed by atoms with Crippen LogP contribution in [0.3, 0.4) is 0 Å². The van der Waals surface area contributed by atoms with Gasteiger partial charge in [-0.05, 0) is 39.8 Å². The first-order chi connectivity index (χ1) is 9.69. The summed E-state index contributed by atoms with van der Waals surface area (Å²) < 4.78 is 5.20. The Labute approximate surface area is 123 Å². The van der Waals surface area contributed by atoms with Crippen LogP contribution in [0.1, 0.15) is 43.1 Å². The van der Waals surface area contributed by atoms with Crippen LogP contribution in [0, 0.1) is 6.92 Å². The Kier molecular flexibility index (Phi) is 3.85. The summed E-state index contributed by atoms with van der Waals surface area (Å²) in [4.78, 5) is 37.0. The van der Waals surface area contributed by atoms with Crippen LogP contribution in [-0.4, -0.2) is 29.8 Å². The highest BCUT2D eigenvalue weighted by Crippen LogP contribution is 2.29. The molecule has 2 rings (SSSR count). The van der Waals surface area contributed by atoms with Gasteiger partial charge in [0.05, 0.1) is 17.7 Å². The van der Waals surface area contributed by atoms with Gasteiger partial charge >= 0.3 is 5.97 Å². The number of rotatable bonds is 3. The summed E-state index contributed by atoms with van der Waals surface area (Å²) in [7, 11) is 0. The molecule has 5 nitrogen and oxygen atoms in total. The summed E-state index contributed by atoms with van der Waals surface area (Å²) in [5, 5.41) is 0. The molecule has 0 unspecified atom stereocenters. The number of aryl methyl sites for hydroxylation is 1. The minimum Gasteiger partial charge on any atom is -0.460 e. The van der Waals surface area contributed by atoms with Crippen LogP contribution < -0.4 is 4.90 Å². The number of nitrogens with zero attached hydrogens (tertiary/aromatic N) is 1. The fraction of sp³-hybridized carbons (Fsp3) is 0.438. The molecule has 112 valence electrons. The average molecular weight is 289 g/mol. The van der Waals surface area contributed by atoms with Crippen molar-refractivity contribution in [3.8, 4) is 0 Å². The number of fused-ring (bicyclic) bond motifs is 1. The molecular weight excluding hydrogens is 270 g/mol. The van der Waals surface area contributed by atoms with Gasteiger partial charge in [-0.3, -0.25) is 14.4 Å². The van der Waals surface area contributed by atoms with Crippen molar-refractivity contribution in [3.63, 3.8) is 0 Å². The second kappa shape index (κ2) is 5.31. The highest BCUT2D eigenvalue weighted by Gasteiger charge is 2.35. The number of Topliss-reactive ketones (excluding diaryl/α,β-unsaturated/α-hetero) is 1. The minimum atomic E-state index is -0.584. The first-order valence-corrected chi connectivity index (χ1v) is 6.88. The lowest BCUT2D eigenvalue weighted by Gasteiger charge is -2.21. The van der Waals surface area contributed by atoms with Crippen LogP contribution in [0.5, 0.6) is 0 Å². The molecule has 1 aliphatic rings. The van der Waals surface area contributed by atoms with E-state index in [1.54, 1.807) is 32.9 Å². The molecule has 5 heteroatoms. The number of carbonyl (C=O) groups is 3. The molecule has 21 heavy (non-hydrogen) atoms. The maximum Gasteiger partial charge on any atom is 0.308 e. The number of esters is 1. The van der Waals surface area contributed by atoms with E-state index in [4.69, 9.17) is 4.74 Å². The number of anilines is 1. The molecule has 0 fully saturated rings. The second-order valence-corrected chi connectivity index (χ2v) is 6.14. The van der Waals surface area contributed by atoms with Gasteiger partial charge < -0.3 is 9.64 Å². The van der Waals surface area contributed by atoms with Crippen LogP contribution in [0.25, 0.3) is 0 Å². The summed E-state index contributed by atoms with van der Waals surface area (Å²) >= 11 is 0. The summed E-state index contributed by atoms with van der Waals surface area (Å²) in [6.07, 6.45) is 0.0591. The number of carbonyl (C=O) groups excluding carboxylic acids is 3. The Morgan fingerprint density at radius 1 is 1.24 bits per heavy atom. The Morgan fingerprint density at radius 2 is 1.90 bits per heavy atom.